The third-order valence-corrected chi connectivity index (χ3v) is 2.89. The number of aromatic nitrogens is 1. The molecule has 1 nitrogen and oxygen atoms in total. The SMILES string of the molecule is C=CCc1ccc(-c2ccc(CC=C)cc2F)nc1. The monoisotopic (exact) mass is 253 g/mol. The van der Waals surface area contributed by atoms with E-state index in [2.05, 4.69) is 18.1 Å². The molecule has 0 N–H and O–H groups in total. The smallest absolute Gasteiger partial charge is 0.132 e. The van der Waals surface area contributed by atoms with Crippen LogP contribution in [0.2, 0.25) is 0 Å². The van der Waals surface area contributed by atoms with Crippen molar-refractivity contribution in [2.75, 3.05) is 0 Å². The van der Waals surface area contributed by atoms with Gasteiger partial charge in [0.15, 0.2) is 0 Å². The van der Waals surface area contributed by atoms with E-state index in [0.29, 0.717) is 17.7 Å². The van der Waals surface area contributed by atoms with Gasteiger partial charge in [-0.15, -0.1) is 13.2 Å². The molecular weight excluding hydrogens is 237 g/mol. The zero-order valence-corrected chi connectivity index (χ0v) is 10.8. The van der Waals surface area contributed by atoms with Crippen molar-refractivity contribution in [1.82, 2.24) is 4.98 Å². The molecule has 0 radical (unpaired) electrons. The van der Waals surface area contributed by atoms with Gasteiger partial charge in [-0.25, -0.2) is 4.39 Å². The van der Waals surface area contributed by atoms with Crippen LogP contribution in [0.3, 0.4) is 0 Å². The lowest BCUT2D eigenvalue weighted by atomic mass is 10.0. The highest BCUT2D eigenvalue weighted by molar-refractivity contribution is 5.60. The van der Waals surface area contributed by atoms with Crippen LogP contribution in [0.25, 0.3) is 11.3 Å². The van der Waals surface area contributed by atoms with Crippen molar-refractivity contribution in [3.8, 4) is 11.3 Å². The molecule has 0 fully saturated rings. The number of hydrogen-bond donors (Lipinski definition) is 0. The summed E-state index contributed by atoms with van der Waals surface area (Å²) >= 11 is 0. The molecule has 0 spiro atoms. The second-order valence-corrected chi connectivity index (χ2v) is 4.35. The maximum Gasteiger partial charge on any atom is 0.132 e. The maximum absolute atomic E-state index is 14.0. The minimum atomic E-state index is -0.247. The first-order chi connectivity index (χ1) is 9.24. The number of hydrogen-bond acceptors (Lipinski definition) is 1. The Morgan fingerprint density at radius 3 is 2.26 bits per heavy atom. The van der Waals surface area contributed by atoms with Crippen molar-refractivity contribution in [2.24, 2.45) is 0 Å². The van der Waals surface area contributed by atoms with E-state index < -0.39 is 0 Å². The summed E-state index contributed by atoms with van der Waals surface area (Å²) in [5.41, 5.74) is 3.16. The maximum atomic E-state index is 14.0. The first-order valence-electron chi connectivity index (χ1n) is 6.20. The van der Waals surface area contributed by atoms with Crippen molar-refractivity contribution >= 4 is 0 Å². The summed E-state index contributed by atoms with van der Waals surface area (Å²) in [6, 6.07) is 8.99. The van der Waals surface area contributed by atoms with Gasteiger partial charge in [0.25, 0.3) is 0 Å². The van der Waals surface area contributed by atoms with Crippen LogP contribution >= 0.6 is 0 Å². The molecule has 0 unspecified atom stereocenters. The van der Waals surface area contributed by atoms with Crippen LogP contribution in [-0.2, 0) is 12.8 Å². The Morgan fingerprint density at radius 2 is 1.68 bits per heavy atom. The van der Waals surface area contributed by atoms with Gasteiger partial charge in [-0.05, 0) is 42.2 Å². The highest BCUT2D eigenvalue weighted by Crippen LogP contribution is 2.22. The molecule has 0 saturated heterocycles. The predicted octanol–water partition coefficient (Wildman–Crippen LogP) is 4.34. The molecule has 0 atom stereocenters. The van der Waals surface area contributed by atoms with E-state index in [1.54, 1.807) is 18.3 Å². The third-order valence-electron chi connectivity index (χ3n) is 2.89. The van der Waals surface area contributed by atoms with Crippen LogP contribution in [-0.4, -0.2) is 4.98 Å². The van der Waals surface area contributed by atoms with E-state index in [9.17, 15) is 4.39 Å². The highest BCUT2D eigenvalue weighted by Gasteiger charge is 2.07. The molecule has 0 aliphatic carbocycles. The van der Waals surface area contributed by atoms with Gasteiger partial charge in [-0.2, -0.15) is 0 Å². The topological polar surface area (TPSA) is 12.9 Å². The molecule has 19 heavy (non-hydrogen) atoms. The standard InChI is InChI=1S/C17H16FN/c1-3-5-13-7-9-15(16(18)11-13)17-10-8-14(6-4-2)12-19-17/h3-4,7-12H,1-2,5-6H2. The molecule has 2 rings (SSSR count). The molecule has 2 aromatic rings. The van der Waals surface area contributed by atoms with Crippen molar-refractivity contribution in [3.05, 3.63) is 78.8 Å². The first kappa shape index (κ1) is 13.2. The normalized spacial score (nSPS) is 10.2. The molecule has 2 heteroatoms. The average Bonchev–Trinajstić information content (AvgIpc) is 2.41. The molecule has 0 bridgehead atoms. The summed E-state index contributed by atoms with van der Waals surface area (Å²) in [6.07, 6.45) is 6.78. The Kier molecular flexibility index (Phi) is 4.24. The molecule has 0 amide bonds. The lowest BCUT2D eigenvalue weighted by Crippen LogP contribution is -1.92. The second kappa shape index (κ2) is 6.10. The van der Waals surface area contributed by atoms with Crippen molar-refractivity contribution in [3.63, 3.8) is 0 Å². The molecule has 96 valence electrons. The van der Waals surface area contributed by atoms with Gasteiger partial charge in [0, 0.05) is 11.8 Å². The van der Waals surface area contributed by atoms with Gasteiger partial charge in [0.05, 0.1) is 5.69 Å². The number of pyridine rings is 1. The Hall–Kier alpha value is -2.22. The van der Waals surface area contributed by atoms with Gasteiger partial charge in [0.1, 0.15) is 5.82 Å². The van der Waals surface area contributed by atoms with Crippen LogP contribution < -0.4 is 0 Å². The summed E-state index contributed by atoms with van der Waals surface area (Å²) < 4.78 is 14.0. The van der Waals surface area contributed by atoms with Crippen LogP contribution in [0.15, 0.2) is 61.8 Å². The van der Waals surface area contributed by atoms with E-state index in [4.69, 9.17) is 0 Å². The summed E-state index contributed by atoms with van der Waals surface area (Å²) in [5.74, 6) is -0.247. The van der Waals surface area contributed by atoms with Gasteiger partial charge >= 0.3 is 0 Å². The fourth-order valence-electron chi connectivity index (χ4n) is 1.93. The molecule has 0 aliphatic rings. The molecule has 1 aromatic carbocycles. The summed E-state index contributed by atoms with van der Waals surface area (Å²) in [4.78, 5) is 4.30. The third kappa shape index (κ3) is 3.16. The van der Waals surface area contributed by atoms with E-state index in [1.807, 2.05) is 24.3 Å². The van der Waals surface area contributed by atoms with Crippen molar-refractivity contribution in [1.29, 1.82) is 0 Å². The first-order valence-corrected chi connectivity index (χ1v) is 6.20. The molecule has 1 aromatic heterocycles. The van der Waals surface area contributed by atoms with E-state index in [0.717, 1.165) is 17.5 Å². The molecular formula is C17H16FN. The summed E-state index contributed by atoms with van der Waals surface area (Å²) in [5, 5.41) is 0. The Balaban J connectivity index is 2.30. The fourth-order valence-corrected chi connectivity index (χ4v) is 1.93. The fraction of sp³-hybridized carbons (Fsp3) is 0.118. The Bertz CT molecular complexity index is 585. The largest absolute Gasteiger partial charge is 0.256 e. The quantitative estimate of drug-likeness (QED) is 0.722. The van der Waals surface area contributed by atoms with Gasteiger partial charge < -0.3 is 0 Å². The van der Waals surface area contributed by atoms with E-state index >= 15 is 0 Å². The van der Waals surface area contributed by atoms with Gasteiger partial charge in [0.2, 0.25) is 0 Å². The van der Waals surface area contributed by atoms with E-state index in [1.165, 1.54) is 6.07 Å². The van der Waals surface area contributed by atoms with Crippen LogP contribution in [0, 0.1) is 5.82 Å². The highest BCUT2D eigenvalue weighted by atomic mass is 19.1. The molecule has 0 aliphatic heterocycles. The zero-order valence-electron chi connectivity index (χ0n) is 10.8. The number of halogens is 1. The summed E-state index contributed by atoms with van der Waals surface area (Å²) in [6.45, 7) is 7.33. The van der Waals surface area contributed by atoms with Crippen LogP contribution in [0.4, 0.5) is 4.39 Å². The predicted molar refractivity (Wildman–Crippen MR) is 77.4 cm³/mol. The number of allylic oxidation sites excluding steroid dienone is 2. The number of benzene rings is 1. The summed E-state index contributed by atoms with van der Waals surface area (Å²) in [7, 11) is 0. The minimum Gasteiger partial charge on any atom is -0.256 e. The average molecular weight is 253 g/mol. The number of nitrogens with zero attached hydrogens (tertiary/aromatic N) is 1. The second-order valence-electron chi connectivity index (χ2n) is 4.35. The van der Waals surface area contributed by atoms with Crippen LogP contribution in [0.1, 0.15) is 11.1 Å². The van der Waals surface area contributed by atoms with Gasteiger partial charge in [-0.1, -0.05) is 24.3 Å². The van der Waals surface area contributed by atoms with Crippen molar-refractivity contribution < 1.29 is 4.39 Å². The van der Waals surface area contributed by atoms with Gasteiger partial charge in [-0.3, -0.25) is 4.98 Å². The Labute approximate surface area is 113 Å². The minimum absolute atomic E-state index is 0.247. The van der Waals surface area contributed by atoms with Crippen LogP contribution in [0.5, 0.6) is 0 Å². The Morgan fingerprint density at radius 1 is 1.00 bits per heavy atom. The lowest BCUT2D eigenvalue weighted by Gasteiger charge is -2.05. The molecule has 0 saturated carbocycles. The van der Waals surface area contributed by atoms with Crippen molar-refractivity contribution in [2.45, 2.75) is 12.8 Å². The van der Waals surface area contributed by atoms with E-state index in [-0.39, 0.29) is 5.82 Å². The molecule has 1 heterocycles. The number of rotatable bonds is 5. The lowest BCUT2D eigenvalue weighted by molar-refractivity contribution is 0.629. The zero-order chi connectivity index (χ0) is 13.7.